The minimum Gasteiger partial charge on any atom is -0.497 e. The van der Waals surface area contributed by atoms with Gasteiger partial charge >= 0.3 is 0 Å². The fraction of sp³-hybridized carbons (Fsp3) is 0.0667. The van der Waals surface area contributed by atoms with Crippen LogP contribution in [0.15, 0.2) is 53.1 Å². The zero-order valence-corrected chi connectivity index (χ0v) is 11.9. The van der Waals surface area contributed by atoms with Crippen LogP contribution < -0.4 is 4.74 Å². The van der Waals surface area contributed by atoms with E-state index in [2.05, 4.69) is 25.9 Å². The van der Waals surface area contributed by atoms with E-state index in [9.17, 15) is 0 Å². The SMILES string of the molecule is COc1ccc(-c2nc(Br)c3ccccc3n2)cc1. The number of fused-ring (bicyclic) bond motifs is 1. The van der Waals surface area contributed by atoms with Crippen molar-refractivity contribution in [1.82, 2.24) is 9.97 Å². The maximum atomic E-state index is 5.15. The van der Waals surface area contributed by atoms with Crippen LogP contribution in [-0.2, 0) is 0 Å². The molecule has 0 atom stereocenters. The van der Waals surface area contributed by atoms with Crippen LogP contribution >= 0.6 is 15.9 Å². The maximum Gasteiger partial charge on any atom is 0.161 e. The molecule has 0 aliphatic carbocycles. The first-order chi connectivity index (χ1) is 9.28. The first kappa shape index (κ1) is 12.1. The van der Waals surface area contributed by atoms with E-state index >= 15 is 0 Å². The highest BCUT2D eigenvalue weighted by atomic mass is 79.9. The Labute approximate surface area is 119 Å². The van der Waals surface area contributed by atoms with Gasteiger partial charge in [0.15, 0.2) is 5.82 Å². The van der Waals surface area contributed by atoms with Gasteiger partial charge in [0.25, 0.3) is 0 Å². The summed E-state index contributed by atoms with van der Waals surface area (Å²) in [6.07, 6.45) is 0. The van der Waals surface area contributed by atoms with Gasteiger partial charge in [-0.2, -0.15) is 0 Å². The van der Waals surface area contributed by atoms with Crippen molar-refractivity contribution in [3.63, 3.8) is 0 Å². The Morgan fingerprint density at radius 2 is 1.68 bits per heavy atom. The fourth-order valence-corrected chi connectivity index (χ4v) is 2.41. The lowest BCUT2D eigenvalue weighted by Gasteiger charge is -2.05. The summed E-state index contributed by atoms with van der Waals surface area (Å²) >= 11 is 3.50. The monoisotopic (exact) mass is 314 g/mol. The number of nitrogens with zero attached hydrogens (tertiary/aromatic N) is 2. The second-order valence-corrected chi connectivity index (χ2v) is 4.83. The molecule has 0 N–H and O–H groups in total. The molecule has 0 fully saturated rings. The Hall–Kier alpha value is -1.94. The molecule has 0 amide bonds. The molecule has 0 aliphatic rings. The molecule has 0 radical (unpaired) electrons. The van der Waals surface area contributed by atoms with Crippen molar-refractivity contribution < 1.29 is 4.74 Å². The lowest BCUT2D eigenvalue weighted by atomic mass is 10.2. The predicted molar refractivity (Wildman–Crippen MR) is 79.2 cm³/mol. The van der Waals surface area contributed by atoms with Crippen LogP contribution in [0.3, 0.4) is 0 Å². The molecule has 3 aromatic rings. The summed E-state index contributed by atoms with van der Waals surface area (Å²) in [5.41, 5.74) is 1.89. The molecule has 0 saturated carbocycles. The van der Waals surface area contributed by atoms with Crippen molar-refractivity contribution in [2.75, 3.05) is 7.11 Å². The van der Waals surface area contributed by atoms with Crippen LogP contribution in [0.25, 0.3) is 22.3 Å². The topological polar surface area (TPSA) is 35.0 Å². The van der Waals surface area contributed by atoms with Crippen molar-refractivity contribution in [3.8, 4) is 17.1 Å². The van der Waals surface area contributed by atoms with E-state index in [1.165, 1.54) is 0 Å². The molecule has 19 heavy (non-hydrogen) atoms. The van der Waals surface area contributed by atoms with Crippen LogP contribution in [0.1, 0.15) is 0 Å². The Bertz CT molecular complexity index is 726. The smallest absolute Gasteiger partial charge is 0.161 e. The third-order valence-corrected chi connectivity index (χ3v) is 3.51. The van der Waals surface area contributed by atoms with E-state index in [1.54, 1.807) is 7.11 Å². The summed E-state index contributed by atoms with van der Waals surface area (Å²) < 4.78 is 5.96. The molecule has 1 heterocycles. The quantitative estimate of drug-likeness (QED) is 0.669. The van der Waals surface area contributed by atoms with Gasteiger partial charge in [0.1, 0.15) is 10.4 Å². The predicted octanol–water partition coefficient (Wildman–Crippen LogP) is 4.07. The Balaban J connectivity index is 2.14. The molecule has 1 aromatic heterocycles. The minimum absolute atomic E-state index is 0.702. The summed E-state index contributed by atoms with van der Waals surface area (Å²) in [5, 5.41) is 1.01. The molecule has 2 aromatic carbocycles. The molecule has 94 valence electrons. The lowest BCUT2D eigenvalue weighted by molar-refractivity contribution is 0.415. The molecular formula is C15H11BrN2O. The van der Waals surface area contributed by atoms with Crippen LogP contribution in [0.5, 0.6) is 5.75 Å². The summed E-state index contributed by atoms with van der Waals surface area (Å²) in [4.78, 5) is 9.07. The standard InChI is InChI=1S/C15H11BrN2O/c1-19-11-8-6-10(7-9-11)15-17-13-5-3-2-4-12(13)14(16)18-15/h2-9H,1H3. The third kappa shape index (κ3) is 2.31. The highest BCUT2D eigenvalue weighted by molar-refractivity contribution is 9.10. The van der Waals surface area contributed by atoms with Gasteiger partial charge in [0.05, 0.1) is 12.6 Å². The first-order valence-electron chi connectivity index (χ1n) is 5.84. The molecule has 0 bridgehead atoms. The molecule has 3 rings (SSSR count). The summed E-state index contributed by atoms with van der Waals surface area (Å²) in [6, 6.07) is 15.6. The van der Waals surface area contributed by atoms with Crippen LogP contribution in [0, 0.1) is 0 Å². The largest absolute Gasteiger partial charge is 0.497 e. The van der Waals surface area contributed by atoms with Gasteiger partial charge in [-0.05, 0) is 46.3 Å². The summed E-state index contributed by atoms with van der Waals surface area (Å²) in [5.74, 6) is 1.52. The summed E-state index contributed by atoms with van der Waals surface area (Å²) in [7, 11) is 1.65. The van der Waals surface area contributed by atoms with E-state index in [-0.39, 0.29) is 0 Å². The molecule has 0 unspecified atom stereocenters. The second kappa shape index (κ2) is 4.97. The number of hydrogen-bond donors (Lipinski definition) is 0. The average Bonchev–Trinajstić information content (AvgIpc) is 2.47. The number of hydrogen-bond acceptors (Lipinski definition) is 3. The van der Waals surface area contributed by atoms with Crippen molar-refractivity contribution in [2.24, 2.45) is 0 Å². The van der Waals surface area contributed by atoms with Gasteiger partial charge in [-0.25, -0.2) is 9.97 Å². The molecule has 0 aliphatic heterocycles. The highest BCUT2D eigenvalue weighted by Gasteiger charge is 2.07. The van der Waals surface area contributed by atoms with Crippen molar-refractivity contribution in [3.05, 3.63) is 53.1 Å². The average molecular weight is 315 g/mol. The number of benzene rings is 2. The van der Waals surface area contributed by atoms with E-state index in [0.29, 0.717) is 5.82 Å². The number of para-hydroxylation sites is 1. The number of halogens is 1. The second-order valence-electron chi connectivity index (χ2n) is 4.08. The highest BCUT2D eigenvalue weighted by Crippen LogP contribution is 2.25. The van der Waals surface area contributed by atoms with Crippen molar-refractivity contribution in [2.45, 2.75) is 0 Å². The van der Waals surface area contributed by atoms with Crippen molar-refractivity contribution >= 4 is 26.8 Å². The van der Waals surface area contributed by atoms with Gasteiger partial charge in [0.2, 0.25) is 0 Å². The fourth-order valence-electron chi connectivity index (χ4n) is 1.91. The van der Waals surface area contributed by atoms with Gasteiger partial charge in [-0.15, -0.1) is 0 Å². The first-order valence-corrected chi connectivity index (χ1v) is 6.64. The van der Waals surface area contributed by atoms with Gasteiger partial charge in [-0.3, -0.25) is 0 Å². The van der Waals surface area contributed by atoms with Gasteiger partial charge in [-0.1, -0.05) is 18.2 Å². The number of rotatable bonds is 2. The normalized spacial score (nSPS) is 10.6. The molecule has 0 saturated heterocycles. The van der Waals surface area contributed by atoms with Gasteiger partial charge < -0.3 is 4.74 Å². The van der Waals surface area contributed by atoms with E-state index in [4.69, 9.17) is 4.74 Å². The van der Waals surface area contributed by atoms with Crippen LogP contribution in [0.4, 0.5) is 0 Å². The van der Waals surface area contributed by atoms with Crippen LogP contribution in [0.2, 0.25) is 0 Å². The Kier molecular flexibility index (Phi) is 3.17. The Morgan fingerprint density at radius 1 is 0.947 bits per heavy atom. The maximum absolute atomic E-state index is 5.15. The molecule has 0 spiro atoms. The minimum atomic E-state index is 0.702. The van der Waals surface area contributed by atoms with E-state index < -0.39 is 0 Å². The Morgan fingerprint density at radius 3 is 2.42 bits per heavy atom. The summed E-state index contributed by atoms with van der Waals surface area (Å²) in [6.45, 7) is 0. The third-order valence-electron chi connectivity index (χ3n) is 2.90. The van der Waals surface area contributed by atoms with Gasteiger partial charge in [0, 0.05) is 10.9 Å². The number of ether oxygens (including phenoxy) is 1. The molecule has 4 heteroatoms. The van der Waals surface area contributed by atoms with E-state index in [0.717, 1.165) is 26.8 Å². The molecule has 3 nitrogen and oxygen atoms in total. The lowest BCUT2D eigenvalue weighted by Crippen LogP contribution is -1.92. The number of methoxy groups -OCH3 is 1. The zero-order chi connectivity index (χ0) is 13.2. The zero-order valence-electron chi connectivity index (χ0n) is 10.3. The van der Waals surface area contributed by atoms with Crippen LogP contribution in [-0.4, -0.2) is 17.1 Å². The van der Waals surface area contributed by atoms with E-state index in [1.807, 2.05) is 48.5 Å². The number of aromatic nitrogens is 2. The molecular weight excluding hydrogens is 304 g/mol. The van der Waals surface area contributed by atoms with Crippen molar-refractivity contribution in [1.29, 1.82) is 0 Å².